The molecule has 9 nitrogen and oxygen atoms in total. The Hall–Kier alpha value is -3.56. The number of anilines is 2. The van der Waals surface area contributed by atoms with E-state index in [-0.39, 0.29) is 11.9 Å². The van der Waals surface area contributed by atoms with E-state index in [0.717, 1.165) is 0 Å². The molecule has 0 radical (unpaired) electrons. The highest BCUT2D eigenvalue weighted by atomic mass is 19.1. The second-order valence-corrected chi connectivity index (χ2v) is 5.83. The van der Waals surface area contributed by atoms with Crippen LogP contribution in [-0.2, 0) is 4.74 Å². The number of aromatic nitrogens is 4. The summed E-state index contributed by atoms with van der Waals surface area (Å²) in [7, 11) is 0. The predicted octanol–water partition coefficient (Wildman–Crippen LogP) is 2.80. The summed E-state index contributed by atoms with van der Waals surface area (Å²) >= 11 is 0. The SMILES string of the molecule is CC(Nc1nccc(N2CCOC2=O)n1)c1nc(-c2ccc(F)cc2)no1. The lowest BCUT2D eigenvalue weighted by atomic mass is 10.2. The van der Waals surface area contributed by atoms with Crippen LogP contribution in [0, 0.1) is 5.82 Å². The molecule has 1 aliphatic heterocycles. The summed E-state index contributed by atoms with van der Waals surface area (Å²) in [4.78, 5) is 25.9. The first-order valence-electron chi connectivity index (χ1n) is 8.23. The van der Waals surface area contributed by atoms with E-state index in [1.54, 1.807) is 24.4 Å². The van der Waals surface area contributed by atoms with E-state index < -0.39 is 6.09 Å². The first kappa shape index (κ1) is 16.9. The summed E-state index contributed by atoms with van der Waals surface area (Å²) in [5.41, 5.74) is 0.643. The van der Waals surface area contributed by atoms with Crippen molar-refractivity contribution in [2.45, 2.75) is 13.0 Å². The molecule has 1 N–H and O–H groups in total. The summed E-state index contributed by atoms with van der Waals surface area (Å²) in [5, 5.41) is 6.96. The molecule has 27 heavy (non-hydrogen) atoms. The largest absolute Gasteiger partial charge is 0.447 e. The van der Waals surface area contributed by atoms with E-state index >= 15 is 0 Å². The van der Waals surface area contributed by atoms with Gasteiger partial charge in [-0.1, -0.05) is 5.16 Å². The first-order valence-corrected chi connectivity index (χ1v) is 8.23. The summed E-state index contributed by atoms with van der Waals surface area (Å²) in [6.07, 6.45) is 1.11. The number of hydrogen-bond acceptors (Lipinski definition) is 8. The van der Waals surface area contributed by atoms with Crippen LogP contribution < -0.4 is 10.2 Å². The zero-order chi connectivity index (χ0) is 18.8. The van der Waals surface area contributed by atoms with Crippen LogP contribution >= 0.6 is 0 Å². The number of carbonyl (C=O) groups is 1. The molecule has 1 fully saturated rings. The fourth-order valence-corrected chi connectivity index (χ4v) is 2.55. The normalized spacial score (nSPS) is 14.9. The molecule has 0 spiro atoms. The predicted molar refractivity (Wildman–Crippen MR) is 92.5 cm³/mol. The second kappa shape index (κ2) is 6.98. The van der Waals surface area contributed by atoms with Gasteiger partial charge in [-0.3, -0.25) is 4.90 Å². The van der Waals surface area contributed by atoms with Crippen LogP contribution in [0.1, 0.15) is 18.9 Å². The van der Waals surface area contributed by atoms with Crippen LogP contribution in [0.2, 0.25) is 0 Å². The van der Waals surface area contributed by atoms with Crippen molar-refractivity contribution in [2.75, 3.05) is 23.4 Å². The van der Waals surface area contributed by atoms with E-state index in [1.165, 1.54) is 17.0 Å². The van der Waals surface area contributed by atoms with Crippen molar-refractivity contribution < 1.29 is 18.4 Å². The van der Waals surface area contributed by atoms with Crippen molar-refractivity contribution in [1.29, 1.82) is 0 Å². The maximum Gasteiger partial charge on any atom is 0.415 e. The molecule has 3 aromatic rings. The van der Waals surface area contributed by atoms with Gasteiger partial charge in [-0.05, 0) is 37.3 Å². The average molecular weight is 370 g/mol. The molecule has 1 atom stereocenters. The number of hydrogen-bond donors (Lipinski definition) is 1. The Bertz CT molecular complexity index is 961. The number of nitrogens with zero attached hydrogens (tertiary/aromatic N) is 5. The Balaban J connectivity index is 1.49. The van der Waals surface area contributed by atoms with Crippen LogP contribution in [0.5, 0.6) is 0 Å². The van der Waals surface area contributed by atoms with E-state index in [1.807, 2.05) is 6.92 Å². The molecule has 1 aliphatic rings. The fourth-order valence-electron chi connectivity index (χ4n) is 2.55. The molecular weight excluding hydrogens is 355 g/mol. The summed E-state index contributed by atoms with van der Waals surface area (Å²) in [6.45, 7) is 2.58. The van der Waals surface area contributed by atoms with Gasteiger partial charge in [-0.15, -0.1) is 0 Å². The average Bonchev–Trinajstić information content (AvgIpc) is 3.32. The third-order valence-corrected chi connectivity index (χ3v) is 3.94. The number of cyclic esters (lactones) is 1. The number of halogens is 1. The van der Waals surface area contributed by atoms with Gasteiger partial charge in [0.1, 0.15) is 24.3 Å². The Kier molecular flexibility index (Phi) is 4.37. The second-order valence-electron chi connectivity index (χ2n) is 5.83. The smallest absolute Gasteiger partial charge is 0.415 e. The highest BCUT2D eigenvalue weighted by molar-refractivity contribution is 5.88. The van der Waals surface area contributed by atoms with Crippen molar-refractivity contribution in [2.24, 2.45) is 0 Å². The van der Waals surface area contributed by atoms with Crippen LogP contribution in [0.4, 0.5) is 21.0 Å². The lowest BCUT2D eigenvalue weighted by Crippen LogP contribution is -2.25. The van der Waals surface area contributed by atoms with Crippen LogP contribution in [0.3, 0.4) is 0 Å². The summed E-state index contributed by atoms with van der Waals surface area (Å²) in [6, 6.07) is 7.05. The van der Waals surface area contributed by atoms with Gasteiger partial charge < -0.3 is 14.6 Å². The molecule has 138 valence electrons. The van der Waals surface area contributed by atoms with E-state index in [2.05, 4.69) is 25.4 Å². The minimum atomic E-state index is -0.437. The van der Waals surface area contributed by atoms with Crippen LogP contribution in [0.15, 0.2) is 41.1 Å². The number of rotatable bonds is 5. The minimum Gasteiger partial charge on any atom is -0.447 e. The van der Waals surface area contributed by atoms with E-state index in [9.17, 15) is 9.18 Å². The van der Waals surface area contributed by atoms with Crippen molar-refractivity contribution in [1.82, 2.24) is 20.1 Å². The van der Waals surface area contributed by atoms with Crippen molar-refractivity contribution in [3.05, 3.63) is 48.2 Å². The summed E-state index contributed by atoms with van der Waals surface area (Å²) < 4.78 is 23.2. The highest BCUT2D eigenvalue weighted by Crippen LogP contribution is 2.22. The molecule has 1 unspecified atom stereocenters. The highest BCUT2D eigenvalue weighted by Gasteiger charge is 2.25. The van der Waals surface area contributed by atoms with Gasteiger partial charge in [0.15, 0.2) is 0 Å². The van der Waals surface area contributed by atoms with Crippen LogP contribution in [-0.4, -0.2) is 39.4 Å². The third-order valence-electron chi connectivity index (χ3n) is 3.94. The van der Waals surface area contributed by atoms with Gasteiger partial charge >= 0.3 is 6.09 Å². The molecule has 0 aliphatic carbocycles. The number of nitrogens with one attached hydrogen (secondary N) is 1. The Morgan fingerprint density at radius 2 is 2.04 bits per heavy atom. The van der Waals surface area contributed by atoms with Crippen molar-refractivity contribution in [3.8, 4) is 11.4 Å². The Labute approximate surface area is 153 Å². The zero-order valence-electron chi connectivity index (χ0n) is 14.3. The Morgan fingerprint density at radius 1 is 1.22 bits per heavy atom. The number of amides is 1. The number of ether oxygens (including phenoxy) is 1. The Morgan fingerprint density at radius 3 is 2.78 bits per heavy atom. The van der Waals surface area contributed by atoms with Gasteiger partial charge in [0.25, 0.3) is 0 Å². The standard InChI is InChI=1S/C17H15FN6O3/c1-10(15-22-14(23-27-15)11-2-4-12(18)5-3-11)20-16-19-7-6-13(21-16)24-8-9-26-17(24)25/h2-7,10H,8-9H2,1H3,(H,19,20,21). The van der Waals surface area contributed by atoms with Gasteiger partial charge in [0.05, 0.1) is 6.54 Å². The maximum absolute atomic E-state index is 13.0. The molecular formula is C17H15FN6O3. The molecule has 0 saturated carbocycles. The first-order chi connectivity index (χ1) is 13.1. The molecule has 4 rings (SSSR count). The molecule has 1 saturated heterocycles. The van der Waals surface area contributed by atoms with Crippen molar-refractivity contribution in [3.63, 3.8) is 0 Å². The molecule has 1 aromatic carbocycles. The molecule has 2 aromatic heterocycles. The topological polar surface area (TPSA) is 106 Å². The lowest BCUT2D eigenvalue weighted by molar-refractivity contribution is 0.181. The monoisotopic (exact) mass is 370 g/mol. The fraction of sp³-hybridized carbons (Fsp3) is 0.235. The maximum atomic E-state index is 13.0. The number of benzene rings is 1. The summed E-state index contributed by atoms with van der Waals surface area (Å²) in [5.74, 6) is 1.09. The van der Waals surface area contributed by atoms with E-state index in [4.69, 9.17) is 9.26 Å². The van der Waals surface area contributed by atoms with Crippen LogP contribution in [0.25, 0.3) is 11.4 Å². The van der Waals surface area contributed by atoms with Gasteiger partial charge in [-0.25, -0.2) is 14.2 Å². The van der Waals surface area contributed by atoms with E-state index in [0.29, 0.717) is 42.2 Å². The molecule has 0 bridgehead atoms. The lowest BCUT2D eigenvalue weighted by Gasteiger charge is -2.14. The van der Waals surface area contributed by atoms with Gasteiger partial charge in [-0.2, -0.15) is 9.97 Å². The van der Waals surface area contributed by atoms with Gasteiger partial charge in [0.2, 0.25) is 17.7 Å². The quantitative estimate of drug-likeness (QED) is 0.731. The molecule has 1 amide bonds. The molecule has 10 heteroatoms. The third kappa shape index (κ3) is 3.54. The zero-order valence-corrected chi connectivity index (χ0v) is 14.3. The molecule has 3 heterocycles. The van der Waals surface area contributed by atoms with Crippen molar-refractivity contribution >= 4 is 17.9 Å². The van der Waals surface area contributed by atoms with Gasteiger partial charge in [0, 0.05) is 11.8 Å². The minimum absolute atomic E-state index is 0.307. The number of carbonyl (C=O) groups excluding carboxylic acids is 1.